The first kappa shape index (κ1) is 20.5. The topological polar surface area (TPSA) is 110 Å². The molecule has 0 radical (unpaired) electrons. The lowest BCUT2D eigenvalue weighted by molar-refractivity contribution is -0.132. The molecule has 3 aliphatic rings. The van der Waals surface area contributed by atoms with Crippen molar-refractivity contribution >= 4 is 23.5 Å². The van der Waals surface area contributed by atoms with Crippen LogP contribution in [0.15, 0.2) is 22.1 Å². The number of carbonyl (C=O) groups excluding carboxylic acids is 1. The molecule has 162 valence electrons. The van der Waals surface area contributed by atoms with E-state index in [0.717, 1.165) is 74.2 Å². The third-order valence-corrected chi connectivity index (χ3v) is 6.35. The Kier molecular flexibility index (Phi) is 5.58. The van der Waals surface area contributed by atoms with Gasteiger partial charge in [-0.25, -0.2) is 4.99 Å². The number of hydrogen-bond acceptors (Lipinski definition) is 7. The SMILES string of the molecule is Cc1cc(N2C(N)=NC(N)=NC23CCCCC3)cc(C)c1OCC(=O)N1CCCC1. The molecule has 1 saturated carbocycles. The Morgan fingerprint density at radius 3 is 2.33 bits per heavy atom. The number of rotatable bonds is 4. The highest BCUT2D eigenvalue weighted by atomic mass is 16.5. The van der Waals surface area contributed by atoms with Crippen molar-refractivity contribution in [3.63, 3.8) is 0 Å². The quantitative estimate of drug-likeness (QED) is 0.789. The third-order valence-electron chi connectivity index (χ3n) is 6.35. The van der Waals surface area contributed by atoms with Gasteiger partial charge < -0.3 is 21.1 Å². The van der Waals surface area contributed by atoms with E-state index in [2.05, 4.69) is 4.99 Å². The normalized spacial score (nSPS) is 20.9. The Morgan fingerprint density at radius 2 is 1.70 bits per heavy atom. The Bertz CT molecular complexity index is 859. The number of likely N-dealkylation sites (tertiary alicyclic amines) is 1. The molecule has 8 nitrogen and oxygen atoms in total. The van der Waals surface area contributed by atoms with Crippen molar-refractivity contribution in [2.75, 3.05) is 24.6 Å². The van der Waals surface area contributed by atoms with Crippen molar-refractivity contribution in [1.82, 2.24) is 4.90 Å². The number of anilines is 1. The lowest BCUT2D eigenvalue weighted by atomic mass is 9.87. The summed E-state index contributed by atoms with van der Waals surface area (Å²) < 4.78 is 5.95. The van der Waals surface area contributed by atoms with Gasteiger partial charge in [-0.3, -0.25) is 9.69 Å². The van der Waals surface area contributed by atoms with Crippen LogP contribution < -0.4 is 21.1 Å². The molecule has 4 N–H and O–H groups in total. The lowest BCUT2D eigenvalue weighted by Crippen LogP contribution is -2.58. The van der Waals surface area contributed by atoms with E-state index in [0.29, 0.717) is 5.96 Å². The molecular formula is C22H32N6O2. The number of amides is 1. The maximum absolute atomic E-state index is 12.4. The van der Waals surface area contributed by atoms with Crippen LogP contribution in [0.5, 0.6) is 5.75 Å². The summed E-state index contributed by atoms with van der Waals surface area (Å²) in [6.45, 7) is 5.72. The van der Waals surface area contributed by atoms with E-state index in [1.165, 1.54) is 6.42 Å². The second-order valence-corrected chi connectivity index (χ2v) is 8.60. The van der Waals surface area contributed by atoms with Gasteiger partial charge in [0.25, 0.3) is 5.91 Å². The van der Waals surface area contributed by atoms with E-state index in [1.807, 2.05) is 35.8 Å². The molecule has 1 saturated heterocycles. The standard InChI is InChI=1S/C22H32N6O2/c1-15-12-17(13-16(2)19(15)30-14-18(29)27-10-6-7-11-27)28-21(24)25-20(23)26-22(28)8-4-3-5-9-22/h12-13H,3-11,14H2,1-2H3,(H4,23,24,25,26). The fourth-order valence-electron chi connectivity index (χ4n) is 4.97. The van der Waals surface area contributed by atoms with Gasteiger partial charge in [0, 0.05) is 18.8 Å². The van der Waals surface area contributed by atoms with Gasteiger partial charge in [-0.2, -0.15) is 4.99 Å². The van der Waals surface area contributed by atoms with Crippen LogP contribution in [0, 0.1) is 13.8 Å². The van der Waals surface area contributed by atoms with Crippen LogP contribution in [0.1, 0.15) is 56.1 Å². The minimum Gasteiger partial charge on any atom is -0.483 e. The monoisotopic (exact) mass is 412 g/mol. The second kappa shape index (κ2) is 8.16. The number of benzene rings is 1. The number of nitrogens with zero attached hydrogens (tertiary/aromatic N) is 4. The first-order valence-corrected chi connectivity index (χ1v) is 10.9. The van der Waals surface area contributed by atoms with E-state index in [-0.39, 0.29) is 18.5 Å². The van der Waals surface area contributed by atoms with Crippen molar-refractivity contribution in [3.05, 3.63) is 23.3 Å². The van der Waals surface area contributed by atoms with Crippen LogP contribution in [0.25, 0.3) is 0 Å². The molecule has 1 amide bonds. The van der Waals surface area contributed by atoms with Crippen LogP contribution in [0.3, 0.4) is 0 Å². The smallest absolute Gasteiger partial charge is 0.260 e. The van der Waals surface area contributed by atoms with Crippen LogP contribution in [0.4, 0.5) is 5.69 Å². The van der Waals surface area contributed by atoms with E-state index < -0.39 is 5.66 Å². The molecule has 2 heterocycles. The first-order valence-electron chi connectivity index (χ1n) is 10.9. The number of nitrogens with two attached hydrogens (primary N) is 2. The molecule has 1 spiro atoms. The summed E-state index contributed by atoms with van der Waals surface area (Å²) >= 11 is 0. The molecule has 0 bridgehead atoms. The van der Waals surface area contributed by atoms with Gasteiger partial charge in [0.05, 0.1) is 0 Å². The summed E-state index contributed by atoms with van der Waals surface area (Å²) in [5, 5.41) is 0. The van der Waals surface area contributed by atoms with Crippen molar-refractivity contribution in [2.24, 2.45) is 21.5 Å². The first-order chi connectivity index (χ1) is 14.4. The second-order valence-electron chi connectivity index (χ2n) is 8.60. The van der Waals surface area contributed by atoms with E-state index in [9.17, 15) is 4.79 Å². The number of aryl methyl sites for hydroxylation is 2. The molecule has 1 aliphatic carbocycles. The highest BCUT2D eigenvalue weighted by Crippen LogP contribution is 2.41. The average molecular weight is 413 g/mol. The zero-order valence-corrected chi connectivity index (χ0v) is 18.0. The van der Waals surface area contributed by atoms with Crippen LogP contribution in [-0.2, 0) is 4.79 Å². The van der Waals surface area contributed by atoms with Crippen molar-refractivity contribution < 1.29 is 9.53 Å². The summed E-state index contributed by atoms with van der Waals surface area (Å²) in [5.41, 5.74) is 14.7. The molecule has 0 unspecified atom stereocenters. The van der Waals surface area contributed by atoms with Gasteiger partial charge in [-0.1, -0.05) is 6.42 Å². The molecule has 2 fully saturated rings. The lowest BCUT2D eigenvalue weighted by Gasteiger charge is -2.45. The van der Waals surface area contributed by atoms with Crippen molar-refractivity contribution in [3.8, 4) is 5.75 Å². The molecule has 2 aliphatic heterocycles. The Morgan fingerprint density at radius 1 is 1.07 bits per heavy atom. The largest absolute Gasteiger partial charge is 0.483 e. The maximum atomic E-state index is 12.4. The molecule has 0 atom stereocenters. The van der Waals surface area contributed by atoms with Crippen molar-refractivity contribution in [2.45, 2.75) is 64.5 Å². The molecular weight excluding hydrogens is 380 g/mol. The minimum absolute atomic E-state index is 0.0498. The van der Waals surface area contributed by atoms with Gasteiger partial charge in [0.2, 0.25) is 11.9 Å². The average Bonchev–Trinajstić information content (AvgIpc) is 3.22. The zero-order valence-electron chi connectivity index (χ0n) is 18.0. The Hall–Kier alpha value is -2.77. The van der Waals surface area contributed by atoms with Gasteiger partial charge in [0.1, 0.15) is 11.4 Å². The summed E-state index contributed by atoms with van der Waals surface area (Å²) in [6, 6.07) is 4.08. The summed E-state index contributed by atoms with van der Waals surface area (Å²) in [4.78, 5) is 25.2. The minimum atomic E-state index is -0.471. The third kappa shape index (κ3) is 3.82. The summed E-state index contributed by atoms with van der Waals surface area (Å²) in [7, 11) is 0. The van der Waals surface area contributed by atoms with Crippen LogP contribution in [-0.4, -0.2) is 48.1 Å². The van der Waals surface area contributed by atoms with Gasteiger partial charge in [-0.05, 0) is 75.6 Å². The number of aliphatic imine (C=N–C) groups is 2. The van der Waals surface area contributed by atoms with Gasteiger partial charge in [0.15, 0.2) is 6.61 Å². The number of guanidine groups is 2. The molecule has 0 aromatic heterocycles. The fraction of sp³-hybridized carbons (Fsp3) is 0.591. The maximum Gasteiger partial charge on any atom is 0.260 e. The predicted octanol–water partition coefficient (Wildman–Crippen LogP) is 2.41. The van der Waals surface area contributed by atoms with Crippen molar-refractivity contribution in [1.29, 1.82) is 0 Å². The number of carbonyl (C=O) groups is 1. The zero-order chi connectivity index (χ0) is 21.3. The number of hydrogen-bond donors (Lipinski definition) is 2. The van der Waals surface area contributed by atoms with E-state index in [4.69, 9.17) is 21.2 Å². The molecule has 1 aromatic rings. The van der Waals surface area contributed by atoms with Gasteiger partial charge >= 0.3 is 0 Å². The fourth-order valence-corrected chi connectivity index (χ4v) is 4.97. The predicted molar refractivity (Wildman–Crippen MR) is 119 cm³/mol. The summed E-state index contributed by atoms with van der Waals surface area (Å²) in [5.74, 6) is 1.42. The van der Waals surface area contributed by atoms with Gasteiger partial charge in [-0.15, -0.1) is 0 Å². The highest BCUT2D eigenvalue weighted by Gasteiger charge is 2.42. The molecule has 30 heavy (non-hydrogen) atoms. The number of ether oxygens (including phenoxy) is 1. The molecule has 4 rings (SSSR count). The van der Waals surface area contributed by atoms with Crippen LogP contribution >= 0.6 is 0 Å². The highest BCUT2D eigenvalue weighted by molar-refractivity contribution is 6.05. The van der Waals surface area contributed by atoms with E-state index in [1.54, 1.807) is 0 Å². The van der Waals surface area contributed by atoms with Crippen LogP contribution in [0.2, 0.25) is 0 Å². The molecule has 8 heteroatoms. The Balaban J connectivity index is 1.58. The van der Waals surface area contributed by atoms with E-state index >= 15 is 0 Å². The molecule has 1 aromatic carbocycles. The Labute approximate surface area is 178 Å². The summed E-state index contributed by atoms with van der Waals surface area (Å²) in [6.07, 6.45) is 7.29.